The predicted molar refractivity (Wildman–Crippen MR) is 125 cm³/mol. The van der Waals surface area contributed by atoms with E-state index in [1.54, 1.807) is 54.8 Å². The van der Waals surface area contributed by atoms with Crippen molar-refractivity contribution in [3.05, 3.63) is 59.6 Å². The summed E-state index contributed by atoms with van der Waals surface area (Å²) in [5.74, 6) is 0.0241. The minimum atomic E-state index is -0.819. The molecule has 0 aliphatic heterocycles. The highest BCUT2D eigenvalue weighted by atomic mass is 35.5. The molecule has 3 aromatic heterocycles. The Bertz CT molecular complexity index is 1340. The van der Waals surface area contributed by atoms with E-state index in [9.17, 15) is 14.7 Å². The molecule has 0 fully saturated rings. The van der Waals surface area contributed by atoms with Crippen molar-refractivity contribution in [3.63, 3.8) is 0 Å². The largest absolute Gasteiger partial charge is 0.496 e. The van der Waals surface area contributed by atoms with E-state index in [-0.39, 0.29) is 18.7 Å². The highest BCUT2D eigenvalue weighted by Gasteiger charge is 2.24. The third-order valence-electron chi connectivity index (χ3n) is 5.22. The summed E-state index contributed by atoms with van der Waals surface area (Å²) in [5.41, 5.74) is 1.85. The van der Waals surface area contributed by atoms with Gasteiger partial charge in [0, 0.05) is 29.5 Å². The fourth-order valence-electron chi connectivity index (χ4n) is 3.52. The minimum Gasteiger partial charge on any atom is -0.496 e. The molecule has 176 valence electrons. The molecule has 1 aromatic carbocycles. The second kappa shape index (κ2) is 10.00. The molecular weight excluding hydrogens is 462 g/mol. The SMILES string of the molecule is COc1ccc(Cl)cc1-c1nn(C(C=O)N(C)CCO)cc1NC(=O)c1cnn2cccnc12. The lowest BCUT2D eigenvalue weighted by molar-refractivity contribution is -0.115. The summed E-state index contributed by atoms with van der Waals surface area (Å²) < 4.78 is 8.37. The first-order valence-corrected chi connectivity index (χ1v) is 10.6. The number of nitrogens with zero attached hydrogens (tertiary/aromatic N) is 6. The average Bonchev–Trinajstić information content (AvgIpc) is 3.44. The van der Waals surface area contributed by atoms with Crippen LogP contribution in [0, 0.1) is 0 Å². The van der Waals surface area contributed by atoms with Gasteiger partial charge >= 0.3 is 0 Å². The van der Waals surface area contributed by atoms with Crippen molar-refractivity contribution in [1.29, 1.82) is 0 Å². The monoisotopic (exact) mass is 483 g/mol. The van der Waals surface area contributed by atoms with Gasteiger partial charge < -0.3 is 15.2 Å². The molecule has 11 nitrogen and oxygen atoms in total. The number of aliphatic hydroxyl groups excluding tert-OH is 1. The van der Waals surface area contributed by atoms with E-state index in [1.807, 2.05) is 0 Å². The van der Waals surface area contributed by atoms with Crippen LogP contribution >= 0.6 is 11.6 Å². The molecule has 2 N–H and O–H groups in total. The van der Waals surface area contributed by atoms with E-state index in [2.05, 4.69) is 20.5 Å². The molecule has 1 unspecified atom stereocenters. The molecule has 1 amide bonds. The second-order valence-electron chi connectivity index (χ2n) is 7.37. The lowest BCUT2D eigenvalue weighted by Gasteiger charge is -2.22. The van der Waals surface area contributed by atoms with Gasteiger partial charge in [0.05, 0.1) is 31.8 Å². The van der Waals surface area contributed by atoms with Crippen molar-refractivity contribution in [3.8, 4) is 17.0 Å². The summed E-state index contributed by atoms with van der Waals surface area (Å²) in [4.78, 5) is 30.9. The Hall–Kier alpha value is -3.80. The summed E-state index contributed by atoms with van der Waals surface area (Å²) in [7, 11) is 3.19. The predicted octanol–water partition coefficient (Wildman–Crippen LogP) is 2.13. The van der Waals surface area contributed by atoms with Crippen molar-refractivity contribution >= 4 is 35.1 Å². The van der Waals surface area contributed by atoms with E-state index >= 15 is 0 Å². The first kappa shape index (κ1) is 23.4. The molecule has 0 aliphatic carbocycles. The number of hydrogen-bond acceptors (Lipinski definition) is 8. The maximum atomic E-state index is 13.2. The number of amides is 1. The molecule has 0 saturated heterocycles. The zero-order valence-electron chi connectivity index (χ0n) is 18.4. The van der Waals surface area contributed by atoms with Crippen LogP contribution < -0.4 is 10.1 Å². The van der Waals surface area contributed by atoms with Crippen LogP contribution in [-0.2, 0) is 4.79 Å². The first-order chi connectivity index (χ1) is 16.5. The number of anilines is 1. The van der Waals surface area contributed by atoms with Gasteiger partial charge in [-0.2, -0.15) is 10.2 Å². The Morgan fingerprint density at radius 3 is 2.97 bits per heavy atom. The number of likely N-dealkylation sites (N-methyl/N-ethyl adjacent to an activating group) is 1. The number of fused-ring (bicyclic) bond motifs is 1. The quantitative estimate of drug-likeness (QED) is 0.347. The van der Waals surface area contributed by atoms with Gasteiger partial charge in [-0.1, -0.05) is 11.6 Å². The number of hydrogen-bond donors (Lipinski definition) is 2. The number of aliphatic hydroxyl groups is 1. The Morgan fingerprint density at radius 2 is 2.24 bits per heavy atom. The number of nitrogens with one attached hydrogen (secondary N) is 1. The van der Waals surface area contributed by atoms with Gasteiger partial charge in [-0.25, -0.2) is 14.2 Å². The lowest BCUT2D eigenvalue weighted by Crippen LogP contribution is -2.33. The second-order valence-corrected chi connectivity index (χ2v) is 7.81. The number of ether oxygens (including phenoxy) is 1. The highest BCUT2D eigenvalue weighted by Crippen LogP contribution is 2.36. The molecule has 0 bridgehead atoms. The van der Waals surface area contributed by atoms with Crippen molar-refractivity contribution in [2.24, 2.45) is 0 Å². The van der Waals surface area contributed by atoms with Crippen molar-refractivity contribution in [2.75, 3.05) is 32.6 Å². The van der Waals surface area contributed by atoms with E-state index < -0.39 is 12.1 Å². The lowest BCUT2D eigenvalue weighted by atomic mass is 10.1. The number of aromatic nitrogens is 5. The Morgan fingerprint density at radius 1 is 1.41 bits per heavy atom. The first-order valence-electron chi connectivity index (χ1n) is 10.3. The standard InChI is InChI=1S/C22H22ClN7O4/c1-28(8-9-31)19(13-32)30-12-17(20(27-30)15-10-14(23)4-5-18(15)34-2)26-22(33)16-11-25-29-7-3-6-24-21(16)29/h3-7,10-13,19,31H,8-9H2,1-2H3,(H,26,33). The van der Waals surface area contributed by atoms with Crippen LogP contribution in [0.3, 0.4) is 0 Å². The maximum Gasteiger partial charge on any atom is 0.261 e. The molecule has 0 saturated carbocycles. The molecular formula is C22H22ClN7O4. The molecule has 0 aliphatic rings. The summed E-state index contributed by atoms with van der Waals surface area (Å²) in [6, 6.07) is 6.73. The third-order valence-corrected chi connectivity index (χ3v) is 5.45. The fraction of sp³-hybridized carbons (Fsp3) is 0.227. The van der Waals surface area contributed by atoms with Crippen molar-refractivity contribution in [2.45, 2.75) is 6.17 Å². The zero-order valence-corrected chi connectivity index (χ0v) is 19.2. The molecule has 34 heavy (non-hydrogen) atoms. The molecule has 0 radical (unpaired) electrons. The van der Waals surface area contributed by atoms with Crippen LogP contribution in [0.2, 0.25) is 5.02 Å². The Balaban J connectivity index is 1.80. The van der Waals surface area contributed by atoms with Crippen LogP contribution in [0.15, 0.2) is 49.1 Å². The van der Waals surface area contributed by atoms with Crippen molar-refractivity contribution in [1.82, 2.24) is 29.3 Å². The number of aldehydes is 1. The van der Waals surface area contributed by atoms with E-state index in [0.29, 0.717) is 39.7 Å². The normalized spacial score (nSPS) is 12.1. The van der Waals surface area contributed by atoms with Gasteiger partial charge in [0.15, 0.2) is 18.1 Å². The summed E-state index contributed by atoms with van der Waals surface area (Å²) in [5, 5.41) is 21.3. The van der Waals surface area contributed by atoms with Crippen LogP contribution in [0.1, 0.15) is 16.5 Å². The third kappa shape index (κ3) is 4.49. The molecule has 1 atom stereocenters. The number of rotatable bonds is 9. The highest BCUT2D eigenvalue weighted by molar-refractivity contribution is 6.31. The van der Waals surface area contributed by atoms with Gasteiger partial charge in [0.2, 0.25) is 0 Å². The van der Waals surface area contributed by atoms with Gasteiger partial charge in [0.1, 0.15) is 17.0 Å². The van der Waals surface area contributed by atoms with Crippen LogP contribution in [0.4, 0.5) is 5.69 Å². The van der Waals surface area contributed by atoms with Gasteiger partial charge in [0.25, 0.3) is 5.91 Å². The van der Waals surface area contributed by atoms with E-state index in [1.165, 1.54) is 22.5 Å². The maximum absolute atomic E-state index is 13.2. The summed E-state index contributed by atoms with van der Waals surface area (Å²) in [6.07, 6.45) is 6.10. The summed E-state index contributed by atoms with van der Waals surface area (Å²) >= 11 is 6.23. The van der Waals surface area contributed by atoms with E-state index in [4.69, 9.17) is 16.3 Å². The fourth-order valence-corrected chi connectivity index (χ4v) is 3.69. The Kier molecular flexibility index (Phi) is 6.87. The van der Waals surface area contributed by atoms with Crippen LogP contribution in [0.5, 0.6) is 5.75 Å². The smallest absolute Gasteiger partial charge is 0.261 e. The zero-order chi connectivity index (χ0) is 24.2. The average molecular weight is 484 g/mol. The molecule has 3 heterocycles. The van der Waals surface area contributed by atoms with Gasteiger partial charge in [-0.05, 0) is 31.3 Å². The topological polar surface area (TPSA) is 127 Å². The molecule has 4 aromatic rings. The van der Waals surface area contributed by atoms with Crippen molar-refractivity contribution < 1.29 is 19.4 Å². The molecule has 4 rings (SSSR count). The van der Waals surface area contributed by atoms with Crippen LogP contribution in [-0.4, -0.2) is 73.9 Å². The number of carbonyl (C=O) groups excluding carboxylic acids is 2. The molecule has 12 heteroatoms. The molecule has 0 spiro atoms. The number of methoxy groups -OCH3 is 1. The van der Waals surface area contributed by atoms with E-state index in [0.717, 1.165) is 0 Å². The van der Waals surface area contributed by atoms with Crippen LogP contribution in [0.25, 0.3) is 16.9 Å². The Labute approximate surface area is 199 Å². The number of carbonyl (C=O) groups is 2. The minimum absolute atomic E-state index is 0.137. The number of benzene rings is 1. The van der Waals surface area contributed by atoms with Gasteiger partial charge in [-0.3, -0.25) is 14.5 Å². The van der Waals surface area contributed by atoms with Gasteiger partial charge in [-0.15, -0.1) is 0 Å². The summed E-state index contributed by atoms with van der Waals surface area (Å²) in [6.45, 7) is 0.108. The number of halogens is 1.